The van der Waals surface area contributed by atoms with Crippen molar-refractivity contribution >= 4 is 44.0 Å². The van der Waals surface area contributed by atoms with Crippen molar-refractivity contribution in [1.82, 2.24) is 24.1 Å². The van der Waals surface area contributed by atoms with E-state index in [1.807, 2.05) is 20.8 Å². The number of esters is 1. The predicted molar refractivity (Wildman–Crippen MR) is 198 cm³/mol. The molecule has 0 spiro atoms. The van der Waals surface area contributed by atoms with Crippen molar-refractivity contribution in [2.45, 2.75) is 122 Å². The highest BCUT2D eigenvalue weighted by Crippen LogP contribution is 2.65. The van der Waals surface area contributed by atoms with Crippen molar-refractivity contribution in [3.63, 3.8) is 0 Å². The molecular formula is C35H62N6O9S2. The fourth-order valence-corrected chi connectivity index (χ4v) is 10.8. The molecule has 52 heavy (non-hydrogen) atoms. The molecule has 17 heteroatoms. The number of likely N-dealkylation sites (tertiary alicyclic amines) is 1. The molecule has 1 saturated heterocycles. The summed E-state index contributed by atoms with van der Waals surface area (Å²) in [4.78, 5) is 55.5. The molecule has 0 bridgehead atoms. The van der Waals surface area contributed by atoms with Gasteiger partial charge in [0.1, 0.15) is 12.1 Å². The molecule has 2 N–H and O–H groups in total. The number of piperidine rings is 1. The number of hydrogen-bond acceptors (Lipinski definition) is 10. The van der Waals surface area contributed by atoms with Gasteiger partial charge in [0, 0.05) is 40.7 Å². The van der Waals surface area contributed by atoms with E-state index in [1.54, 1.807) is 4.90 Å². The molecule has 0 unspecified atom stereocenters. The minimum Gasteiger partial charge on any atom is -0.467 e. The Kier molecular flexibility index (Phi) is 13.8. The van der Waals surface area contributed by atoms with Gasteiger partial charge in [0.15, 0.2) is 0 Å². The first-order valence-electron chi connectivity index (χ1n) is 18.3. The van der Waals surface area contributed by atoms with Crippen LogP contribution in [0.15, 0.2) is 4.99 Å². The zero-order valence-electron chi connectivity index (χ0n) is 32.8. The summed E-state index contributed by atoms with van der Waals surface area (Å²) in [5.41, 5.74) is -2.32. The largest absolute Gasteiger partial charge is 0.467 e. The number of amides is 3. The number of nitrogens with zero attached hydrogens (tertiary/aromatic N) is 4. The number of sulfonamides is 2. The Morgan fingerprint density at radius 2 is 1.38 bits per heavy atom. The van der Waals surface area contributed by atoms with Crippen molar-refractivity contribution in [3.8, 4) is 0 Å². The maximum atomic E-state index is 13.8. The van der Waals surface area contributed by atoms with Crippen LogP contribution in [0.5, 0.6) is 0 Å². The Balaban J connectivity index is 0.000000381. The zero-order chi connectivity index (χ0) is 39.5. The lowest BCUT2D eigenvalue weighted by Crippen LogP contribution is -2.63. The zero-order valence-corrected chi connectivity index (χ0v) is 34.4. The fourth-order valence-electron chi connectivity index (χ4n) is 8.20. The highest BCUT2D eigenvalue weighted by atomic mass is 32.2. The molecule has 15 nitrogen and oxygen atoms in total. The second kappa shape index (κ2) is 16.4. The van der Waals surface area contributed by atoms with E-state index in [4.69, 9.17) is 4.74 Å². The monoisotopic (exact) mass is 774 g/mol. The summed E-state index contributed by atoms with van der Waals surface area (Å²) in [6.45, 7) is 10.2. The van der Waals surface area contributed by atoms with Crippen LogP contribution in [0, 0.1) is 22.7 Å². The average molecular weight is 775 g/mol. The molecule has 1 aliphatic heterocycles. The van der Waals surface area contributed by atoms with Gasteiger partial charge in [-0.3, -0.25) is 4.79 Å². The van der Waals surface area contributed by atoms with Crippen molar-refractivity contribution in [1.29, 1.82) is 0 Å². The van der Waals surface area contributed by atoms with Crippen molar-refractivity contribution in [2.24, 2.45) is 27.7 Å². The van der Waals surface area contributed by atoms with E-state index >= 15 is 0 Å². The minimum atomic E-state index is -3.56. The lowest BCUT2D eigenvalue weighted by molar-refractivity contribution is -0.154. The van der Waals surface area contributed by atoms with E-state index in [2.05, 4.69) is 29.5 Å². The van der Waals surface area contributed by atoms with Crippen molar-refractivity contribution in [2.75, 3.05) is 53.4 Å². The molecule has 298 valence electrons. The molecule has 0 aromatic rings. The van der Waals surface area contributed by atoms with Gasteiger partial charge in [-0.05, 0) is 42.4 Å². The van der Waals surface area contributed by atoms with Gasteiger partial charge in [0.05, 0.1) is 29.7 Å². The van der Waals surface area contributed by atoms with Crippen LogP contribution in [-0.4, -0.2) is 131 Å². The number of methoxy groups -OCH3 is 1. The van der Waals surface area contributed by atoms with E-state index < -0.39 is 60.6 Å². The first-order chi connectivity index (χ1) is 23.9. The molecule has 4 rings (SSSR count). The summed E-state index contributed by atoms with van der Waals surface area (Å²) in [6.07, 6.45) is 9.51. The number of aliphatic imine (C=N–C) groups is 1. The van der Waals surface area contributed by atoms with Gasteiger partial charge >= 0.3 is 12.0 Å². The molecule has 1 heterocycles. The second-order valence-corrected chi connectivity index (χ2v) is 21.6. The molecule has 0 aromatic heterocycles. The summed E-state index contributed by atoms with van der Waals surface area (Å²) < 4.78 is 56.5. The van der Waals surface area contributed by atoms with Gasteiger partial charge in [-0.1, -0.05) is 73.1 Å². The number of fused-ring (bicyclic) bond motifs is 1. The van der Waals surface area contributed by atoms with E-state index in [-0.39, 0.29) is 34.7 Å². The number of carbonyl (C=O) groups excluding carboxylic acids is 4. The van der Waals surface area contributed by atoms with Crippen LogP contribution < -0.4 is 10.6 Å². The topological polar surface area (TPSA) is 192 Å². The lowest BCUT2D eigenvalue weighted by Gasteiger charge is -2.40. The molecule has 4 fully saturated rings. The Labute approximate surface area is 311 Å². The van der Waals surface area contributed by atoms with Crippen LogP contribution in [-0.2, 0) is 39.2 Å². The summed E-state index contributed by atoms with van der Waals surface area (Å²) in [7, 11) is 0.417. The molecule has 3 amide bonds. The standard InChI is InChI=1S/C25H44N4O6S.C10H18N2O3S/c1-23(2,3)19(20(30)29-14-16-17(24(16,4)5)18(29)21(31)35-8)26-22(32)27-25(12-10-9-11-13-25)15-36(33,34)28(6)7;1-12(2)16(14,15)8-10(11-9-13)6-4-3-5-7-10/h16-19H,9-15H2,1-8H3,(H2,26,27,32);3-8H2,1-2H3/t16-,17-,18-,19+;/m0./s1. The molecular weight excluding hydrogens is 713 g/mol. The predicted octanol–water partition coefficient (Wildman–Crippen LogP) is 2.87. The number of carbonyl (C=O) groups is 3. The van der Waals surface area contributed by atoms with Crippen molar-refractivity contribution in [3.05, 3.63) is 0 Å². The van der Waals surface area contributed by atoms with Crippen LogP contribution in [0.4, 0.5) is 4.79 Å². The molecule has 4 atom stereocenters. The van der Waals surface area contributed by atoms with Gasteiger partial charge < -0.3 is 20.3 Å². The fraction of sp³-hybridized carbons (Fsp3) is 0.886. The number of rotatable bonds is 11. The summed E-state index contributed by atoms with van der Waals surface area (Å²) in [6, 6.07) is -2.15. The number of ether oxygens (including phenoxy) is 1. The highest BCUT2D eigenvalue weighted by Gasteiger charge is 2.70. The molecule has 3 aliphatic carbocycles. The third-order valence-corrected chi connectivity index (χ3v) is 15.6. The summed E-state index contributed by atoms with van der Waals surface area (Å²) >= 11 is 0. The van der Waals surface area contributed by atoms with Gasteiger partial charge in [0.2, 0.25) is 32.0 Å². The van der Waals surface area contributed by atoms with Gasteiger partial charge in [-0.2, -0.15) is 4.99 Å². The SMILES string of the molecule is CN(C)S(=O)(=O)CC1(N=C=O)CCCCC1.COC(=O)[C@@H]1[C@@H]2[C@H](CN1C(=O)[C@@H](NC(=O)NC1(CS(=O)(=O)N(C)C)CCCCC1)C(C)(C)C)C2(C)C. The van der Waals surface area contributed by atoms with Crippen LogP contribution in [0.1, 0.15) is 98.8 Å². The highest BCUT2D eigenvalue weighted by molar-refractivity contribution is 7.89. The normalized spacial score (nSPS) is 25.5. The first kappa shape index (κ1) is 43.8. The van der Waals surface area contributed by atoms with E-state index in [1.165, 1.54) is 50.0 Å². The van der Waals surface area contributed by atoms with Crippen molar-refractivity contribution < 1.29 is 40.8 Å². The van der Waals surface area contributed by atoms with Crippen LogP contribution in [0.25, 0.3) is 0 Å². The number of urea groups is 1. The third kappa shape index (κ3) is 10.1. The van der Waals surface area contributed by atoms with E-state index in [9.17, 15) is 36.0 Å². The summed E-state index contributed by atoms with van der Waals surface area (Å²) in [5.74, 6) is -0.790. The Morgan fingerprint density at radius 1 is 0.885 bits per heavy atom. The second-order valence-electron chi connectivity index (χ2n) is 17.2. The van der Waals surface area contributed by atoms with Crippen LogP contribution >= 0.6 is 0 Å². The molecule has 4 aliphatic rings. The smallest absolute Gasteiger partial charge is 0.328 e. The first-order valence-corrected chi connectivity index (χ1v) is 21.5. The quantitative estimate of drug-likeness (QED) is 0.181. The van der Waals surface area contributed by atoms with Gasteiger partial charge in [-0.25, -0.2) is 39.8 Å². The number of isocyanates is 1. The molecule has 0 radical (unpaired) electrons. The molecule has 3 saturated carbocycles. The Hall–Kier alpha value is -2.59. The van der Waals surface area contributed by atoms with Crippen LogP contribution in [0.2, 0.25) is 0 Å². The number of nitrogens with one attached hydrogen (secondary N) is 2. The minimum absolute atomic E-state index is 0.0325. The average Bonchev–Trinajstić information content (AvgIpc) is 3.34. The lowest BCUT2D eigenvalue weighted by atomic mass is 9.83. The van der Waals surface area contributed by atoms with Crippen LogP contribution in [0.3, 0.4) is 0 Å². The van der Waals surface area contributed by atoms with Gasteiger partial charge in [0.25, 0.3) is 0 Å². The van der Waals surface area contributed by atoms with Gasteiger partial charge in [-0.15, -0.1) is 0 Å². The molecule has 0 aromatic carbocycles. The number of hydrogen-bond donors (Lipinski definition) is 2. The maximum absolute atomic E-state index is 13.8. The van der Waals surface area contributed by atoms with E-state index in [0.29, 0.717) is 32.2 Å². The summed E-state index contributed by atoms with van der Waals surface area (Å²) in [5, 5.41) is 5.80. The third-order valence-electron chi connectivity index (χ3n) is 11.6. The Bertz CT molecular complexity index is 1570. The Morgan fingerprint density at radius 3 is 1.85 bits per heavy atom. The maximum Gasteiger partial charge on any atom is 0.328 e. The van der Waals surface area contributed by atoms with E-state index in [0.717, 1.165) is 38.5 Å².